The van der Waals surface area contributed by atoms with Crippen molar-refractivity contribution in [2.24, 2.45) is 5.73 Å². The first-order valence-corrected chi connectivity index (χ1v) is 4.10. The molecule has 1 aromatic rings. The van der Waals surface area contributed by atoms with E-state index < -0.39 is 11.4 Å². The summed E-state index contributed by atoms with van der Waals surface area (Å²) in [5.41, 5.74) is 11.3. The summed E-state index contributed by atoms with van der Waals surface area (Å²) >= 11 is 0. The van der Waals surface area contributed by atoms with Crippen molar-refractivity contribution in [3.8, 4) is 5.75 Å². The number of hydrogen-bond acceptors (Lipinski definition) is 3. The Hall–Kier alpha value is -1.29. The van der Waals surface area contributed by atoms with Crippen molar-refractivity contribution in [1.29, 1.82) is 0 Å². The number of halogens is 1. The molecule has 1 saturated carbocycles. The summed E-state index contributed by atoms with van der Waals surface area (Å²) in [5.74, 6) is -0.711. The largest absolute Gasteiger partial charge is 0.507 e. The predicted molar refractivity (Wildman–Crippen MR) is 47.6 cm³/mol. The molecule has 0 spiro atoms. The number of hydrogen-bond donors (Lipinski definition) is 3. The van der Waals surface area contributed by atoms with Crippen molar-refractivity contribution in [2.75, 3.05) is 5.73 Å². The summed E-state index contributed by atoms with van der Waals surface area (Å²) in [6, 6.07) is 2.43. The van der Waals surface area contributed by atoms with Crippen LogP contribution in [0.4, 0.5) is 10.1 Å². The number of aromatic hydroxyl groups is 1. The van der Waals surface area contributed by atoms with Gasteiger partial charge in [0.2, 0.25) is 0 Å². The van der Waals surface area contributed by atoms with Crippen LogP contribution in [0.1, 0.15) is 18.4 Å². The van der Waals surface area contributed by atoms with Crippen LogP contribution in [0, 0.1) is 5.82 Å². The Balaban J connectivity index is 2.52. The molecule has 3 nitrogen and oxygen atoms in total. The van der Waals surface area contributed by atoms with Crippen molar-refractivity contribution in [1.82, 2.24) is 0 Å². The Morgan fingerprint density at radius 3 is 2.54 bits per heavy atom. The first-order valence-electron chi connectivity index (χ1n) is 4.10. The highest BCUT2D eigenvalue weighted by molar-refractivity contribution is 5.52. The highest BCUT2D eigenvalue weighted by atomic mass is 19.1. The van der Waals surface area contributed by atoms with Gasteiger partial charge in [0, 0.05) is 17.2 Å². The van der Waals surface area contributed by atoms with Gasteiger partial charge in [-0.3, -0.25) is 0 Å². The van der Waals surface area contributed by atoms with E-state index in [9.17, 15) is 9.50 Å². The van der Waals surface area contributed by atoms with E-state index in [-0.39, 0.29) is 11.4 Å². The molecule has 0 aromatic heterocycles. The van der Waals surface area contributed by atoms with E-state index in [4.69, 9.17) is 11.5 Å². The van der Waals surface area contributed by atoms with E-state index in [2.05, 4.69) is 0 Å². The van der Waals surface area contributed by atoms with Crippen LogP contribution in [-0.4, -0.2) is 5.11 Å². The molecule has 0 amide bonds. The van der Waals surface area contributed by atoms with Gasteiger partial charge in [-0.05, 0) is 18.9 Å². The minimum Gasteiger partial charge on any atom is -0.507 e. The van der Waals surface area contributed by atoms with Crippen molar-refractivity contribution in [2.45, 2.75) is 18.4 Å². The van der Waals surface area contributed by atoms with Gasteiger partial charge in [0.1, 0.15) is 11.6 Å². The number of rotatable bonds is 1. The predicted octanol–water partition coefficient (Wildman–Crippen LogP) is 1.06. The molecule has 13 heavy (non-hydrogen) atoms. The number of phenolic OH excluding ortho intramolecular Hbond substituents is 1. The van der Waals surface area contributed by atoms with Gasteiger partial charge in [-0.2, -0.15) is 0 Å². The summed E-state index contributed by atoms with van der Waals surface area (Å²) in [5, 5.41) is 9.42. The average molecular weight is 182 g/mol. The lowest BCUT2D eigenvalue weighted by atomic mass is 10.0. The molecule has 5 N–H and O–H groups in total. The molecule has 0 bridgehead atoms. The summed E-state index contributed by atoms with van der Waals surface area (Å²) in [7, 11) is 0. The van der Waals surface area contributed by atoms with Gasteiger partial charge in [-0.1, -0.05) is 0 Å². The molecule has 0 radical (unpaired) electrons. The fourth-order valence-electron chi connectivity index (χ4n) is 1.38. The zero-order valence-corrected chi connectivity index (χ0v) is 7.05. The lowest BCUT2D eigenvalue weighted by molar-refractivity contribution is 0.454. The van der Waals surface area contributed by atoms with E-state index >= 15 is 0 Å². The van der Waals surface area contributed by atoms with Crippen LogP contribution in [0.5, 0.6) is 5.75 Å². The van der Waals surface area contributed by atoms with Crippen LogP contribution in [0.2, 0.25) is 0 Å². The van der Waals surface area contributed by atoms with Gasteiger partial charge in [0.15, 0.2) is 0 Å². The maximum atomic E-state index is 12.8. The topological polar surface area (TPSA) is 72.3 Å². The highest BCUT2D eigenvalue weighted by Crippen LogP contribution is 2.47. The maximum Gasteiger partial charge on any atom is 0.149 e. The molecule has 0 unspecified atom stereocenters. The molecule has 2 rings (SSSR count). The van der Waals surface area contributed by atoms with Crippen molar-refractivity contribution < 1.29 is 9.50 Å². The van der Waals surface area contributed by atoms with Crippen molar-refractivity contribution in [3.05, 3.63) is 23.5 Å². The van der Waals surface area contributed by atoms with Gasteiger partial charge >= 0.3 is 0 Å². The Bertz CT molecular complexity index is 361. The Morgan fingerprint density at radius 1 is 1.38 bits per heavy atom. The molecule has 1 aromatic carbocycles. The van der Waals surface area contributed by atoms with Crippen LogP contribution in [0.15, 0.2) is 12.1 Å². The van der Waals surface area contributed by atoms with Crippen LogP contribution < -0.4 is 11.5 Å². The molecule has 4 heteroatoms. The Kier molecular flexibility index (Phi) is 1.51. The second-order valence-electron chi connectivity index (χ2n) is 3.55. The zero-order valence-electron chi connectivity index (χ0n) is 7.05. The lowest BCUT2D eigenvalue weighted by Crippen LogP contribution is -2.19. The quantitative estimate of drug-likeness (QED) is 0.449. The van der Waals surface area contributed by atoms with Gasteiger partial charge in [0.25, 0.3) is 0 Å². The SMILES string of the molecule is Nc1cc(C2(N)CC2)c(O)cc1F. The first-order chi connectivity index (χ1) is 6.03. The van der Waals surface area contributed by atoms with Crippen LogP contribution in [0.3, 0.4) is 0 Å². The standard InChI is InChI=1S/C9H11FN2O/c10-6-4-8(13)5(3-7(6)11)9(12)1-2-9/h3-4,13H,1-2,11-12H2. The molecule has 1 aliphatic carbocycles. The Labute approximate surface area is 75.2 Å². The van der Waals surface area contributed by atoms with E-state index in [1.54, 1.807) is 0 Å². The van der Waals surface area contributed by atoms with Gasteiger partial charge in [-0.25, -0.2) is 4.39 Å². The number of nitrogens with two attached hydrogens (primary N) is 2. The number of benzene rings is 1. The highest BCUT2D eigenvalue weighted by Gasteiger charge is 2.42. The summed E-state index contributed by atoms with van der Waals surface area (Å²) in [6.45, 7) is 0. The molecule has 0 saturated heterocycles. The second kappa shape index (κ2) is 2.35. The normalized spacial score (nSPS) is 18.6. The first kappa shape index (κ1) is 8.31. The molecule has 0 heterocycles. The fraction of sp³-hybridized carbons (Fsp3) is 0.333. The molecule has 0 aliphatic heterocycles. The summed E-state index contributed by atoms with van der Waals surface area (Å²) in [6.07, 6.45) is 1.62. The Morgan fingerprint density at radius 2 is 2.00 bits per heavy atom. The van der Waals surface area contributed by atoms with Crippen LogP contribution >= 0.6 is 0 Å². The number of nitrogen functional groups attached to an aromatic ring is 1. The third-order valence-electron chi connectivity index (χ3n) is 2.44. The minimum atomic E-state index is -0.606. The number of phenols is 1. The lowest BCUT2D eigenvalue weighted by Gasteiger charge is -2.12. The van der Waals surface area contributed by atoms with Gasteiger partial charge in [-0.15, -0.1) is 0 Å². The minimum absolute atomic E-state index is 0.0320. The van der Waals surface area contributed by atoms with Crippen molar-refractivity contribution in [3.63, 3.8) is 0 Å². The van der Waals surface area contributed by atoms with E-state index in [1.165, 1.54) is 6.07 Å². The van der Waals surface area contributed by atoms with Crippen molar-refractivity contribution >= 4 is 5.69 Å². The molecule has 1 fully saturated rings. The fourth-order valence-corrected chi connectivity index (χ4v) is 1.38. The second-order valence-corrected chi connectivity index (χ2v) is 3.55. The molecule has 0 atom stereocenters. The smallest absolute Gasteiger partial charge is 0.149 e. The average Bonchev–Trinajstić information content (AvgIpc) is 2.77. The molecule has 1 aliphatic rings. The zero-order chi connectivity index (χ0) is 9.64. The third-order valence-corrected chi connectivity index (χ3v) is 2.44. The third kappa shape index (κ3) is 1.23. The molecule has 70 valence electrons. The van der Waals surface area contributed by atoms with E-state index in [1.807, 2.05) is 0 Å². The molecular formula is C9H11FN2O. The summed E-state index contributed by atoms with van der Waals surface area (Å²) < 4.78 is 12.8. The van der Waals surface area contributed by atoms with E-state index in [0.29, 0.717) is 5.56 Å². The monoisotopic (exact) mass is 182 g/mol. The molecular weight excluding hydrogens is 171 g/mol. The van der Waals surface area contributed by atoms with Crippen LogP contribution in [-0.2, 0) is 5.54 Å². The van der Waals surface area contributed by atoms with E-state index in [0.717, 1.165) is 18.9 Å². The van der Waals surface area contributed by atoms with Crippen LogP contribution in [0.25, 0.3) is 0 Å². The number of anilines is 1. The van der Waals surface area contributed by atoms with Gasteiger partial charge in [0.05, 0.1) is 5.69 Å². The summed E-state index contributed by atoms with van der Waals surface area (Å²) in [4.78, 5) is 0. The maximum absolute atomic E-state index is 12.8. The van der Waals surface area contributed by atoms with Gasteiger partial charge < -0.3 is 16.6 Å².